The van der Waals surface area contributed by atoms with Gasteiger partial charge in [-0.3, -0.25) is 9.59 Å². The van der Waals surface area contributed by atoms with Crippen LogP contribution in [0.25, 0.3) is 0 Å². The van der Waals surface area contributed by atoms with Crippen molar-refractivity contribution in [1.82, 2.24) is 15.5 Å². The lowest BCUT2D eigenvalue weighted by molar-refractivity contribution is -0.136. The maximum absolute atomic E-state index is 13.7. The summed E-state index contributed by atoms with van der Waals surface area (Å²) in [6, 6.07) is 2.56. The number of aliphatic carboxylic acids is 1. The number of carbonyl (C=O) groups excluding carboxylic acids is 2. The van der Waals surface area contributed by atoms with Gasteiger partial charge in [0, 0.05) is 20.0 Å². The quantitative estimate of drug-likeness (QED) is 0.744. The van der Waals surface area contributed by atoms with E-state index in [1.54, 1.807) is 13.1 Å². The summed E-state index contributed by atoms with van der Waals surface area (Å²) in [6.45, 7) is -0.0298. The van der Waals surface area contributed by atoms with Crippen LogP contribution >= 0.6 is 11.6 Å². The van der Waals surface area contributed by atoms with Crippen LogP contribution in [0.5, 0.6) is 0 Å². The molecule has 1 heterocycles. The molecule has 0 saturated carbocycles. The third kappa shape index (κ3) is 4.14. The Morgan fingerprint density at radius 1 is 1.46 bits per heavy atom. The van der Waals surface area contributed by atoms with Gasteiger partial charge < -0.3 is 20.6 Å². The molecule has 1 aliphatic heterocycles. The van der Waals surface area contributed by atoms with Crippen LogP contribution in [0.4, 0.5) is 9.18 Å². The van der Waals surface area contributed by atoms with Crippen molar-refractivity contribution in [3.8, 4) is 0 Å². The monoisotopic (exact) mass is 357 g/mol. The molecule has 0 aromatic heterocycles. The van der Waals surface area contributed by atoms with Gasteiger partial charge in [0.1, 0.15) is 5.82 Å². The van der Waals surface area contributed by atoms with Crippen molar-refractivity contribution in [2.75, 3.05) is 13.6 Å². The molecular weight excluding hydrogens is 341 g/mol. The van der Waals surface area contributed by atoms with E-state index in [2.05, 4.69) is 10.6 Å². The Bertz CT molecular complexity index is 670. The second-order valence-corrected chi connectivity index (χ2v) is 5.88. The summed E-state index contributed by atoms with van der Waals surface area (Å²) in [6.07, 6.45) is -0.138. The fourth-order valence-electron chi connectivity index (χ4n) is 2.65. The molecular formula is C15H17ClFN3O4. The Morgan fingerprint density at radius 3 is 2.79 bits per heavy atom. The number of likely N-dealkylation sites (N-methyl/N-ethyl adjacent to an activating group) is 1. The number of rotatable bonds is 5. The lowest BCUT2D eigenvalue weighted by Crippen LogP contribution is -2.44. The van der Waals surface area contributed by atoms with Gasteiger partial charge in [0.25, 0.3) is 0 Å². The molecule has 9 heteroatoms. The Kier molecular flexibility index (Phi) is 5.61. The number of amides is 3. The fourth-order valence-corrected chi connectivity index (χ4v) is 2.77. The number of benzene rings is 1. The molecule has 0 bridgehead atoms. The summed E-state index contributed by atoms with van der Waals surface area (Å²) in [5.41, 5.74) is 0.515. The van der Waals surface area contributed by atoms with E-state index < -0.39 is 29.9 Å². The van der Waals surface area contributed by atoms with E-state index in [-0.39, 0.29) is 30.3 Å². The summed E-state index contributed by atoms with van der Waals surface area (Å²) < 4.78 is 13.7. The number of carboxylic acid groups (broad SMARTS) is 1. The van der Waals surface area contributed by atoms with Gasteiger partial charge >= 0.3 is 12.0 Å². The van der Waals surface area contributed by atoms with Crippen LogP contribution in [0.3, 0.4) is 0 Å². The molecule has 1 saturated heterocycles. The van der Waals surface area contributed by atoms with Crippen molar-refractivity contribution >= 4 is 29.5 Å². The maximum Gasteiger partial charge on any atom is 0.315 e. The number of carboxylic acids is 1. The van der Waals surface area contributed by atoms with Crippen molar-refractivity contribution in [1.29, 1.82) is 0 Å². The molecule has 1 aliphatic rings. The zero-order valence-electron chi connectivity index (χ0n) is 12.9. The highest BCUT2D eigenvalue weighted by Crippen LogP contribution is 2.33. The molecule has 3 amide bonds. The van der Waals surface area contributed by atoms with Crippen LogP contribution in [0.1, 0.15) is 24.4 Å². The Labute approximate surface area is 142 Å². The maximum atomic E-state index is 13.7. The number of nitrogens with one attached hydrogen (secondary N) is 2. The molecule has 1 aromatic carbocycles. The first-order chi connectivity index (χ1) is 11.3. The number of halogens is 2. The van der Waals surface area contributed by atoms with E-state index in [1.807, 2.05) is 0 Å². The first kappa shape index (κ1) is 18.0. The van der Waals surface area contributed by atoms with Crippen LogP contribution in [-0.2, 0) is 9.59 Å². The zero-order chi connectivity index (χ0) is 17.9. The van der Waals surface area contributed by atoms with E-state index in [9.17, 15) is 18.8 Å². The number of hydrogen-bond donors (Lipinski definition) is 3. The molecule has 2 unspecified atom stereocenters. The minimum Gasteiger partial charge on any atom is -0.481 e. The zero-order valence-corrected chi connectivity index (χ0v) is 13.6. The van der Waals surface area contributed by atoms with Crippen molar-refractivity contribution in [2.45, 2.75) is 24.9 Å². The van der Waals surface area contributed by atoms with E-state index >= 15 is 0 Å². The lowest BCUT2D eigenvalue weighted by Gasteiger charge is -2.26. The van der Waals surface area contributed by atoms with Gasteiger partial charge in [-0.05, 0) is 17.7 Å². The van der Waals surface area contributed by atoms with Gasteiger partial charge in [-0.1, -0.05) is 17.7 Å². The predicted molar refractivity (Wildman–Crippen MR) is 84.1 cm³/mol. The van der Waals surface area contributed by atoms with Gasteiger partial charge in [0.15, 0.2) is 0 Å². The molecule has 24 heavy (non-hydrogen) atoms. The topological polar surface area (TPSA) is 98.7 Å². The first-order valence-corrected chi connectivity index (χ1v) is 7.64. The number of likely N-dealkylation sites (tertiary alicyclic amines) is 1. The molecule has 130 valence electrons. The number of carbonyl (C=O) groups is 3. The number of hydrogen-bond acceptors (Lipinski definition) is 3. The SMILES string of the molecule is CN1C(=O)CC(NC(=O)NCCC(=O)O)C1c1ccc(Cl)c(F)c1. The highest BCUT2D eigenvalue weighted by atomic mass is 35.5. The molecule has 2 atom stereocenters. The fraction of sp³-hybridized carbons (Fsp3) is 0.400. The summed E-state index contributed by atoms with van der Waals surface area (Å²) in [5, 5.41) is 13.6. The van der Waals surface area contributed by atoms with E-state index in [0.29, 0.717) is 5.56 Å². The molecule has 3 N–H and O–H groups in total. The van der Waals surface area contributed by atoms with Crippen molar-refractivity contribution in [3.05, 3.63) is 34.6 Å². The second-order valence-electron chi connectivity index (χ2n) is 5.48. The summed E-state index contributed by atoms with van der Waals surface area (Å²) >= 11 is 5.67. The summed E-state index contributed by atoms with van der Waals surface area (Å²) in [5.74, 6) is -1.82. The van der Waals surface area contributed by atoms with Gasteiger partial charge in [-0.2, -0.15) is 0 Å². The van der Waals surface area contributed by atoms with Crippen LogP contribution < -0.4 is 10.6 Å². The standard InChI is InChI=1S/C15H17ClFN3O4/c1-20-12(21)7-11(19-15(24)18-5-4-13(22)23)14(20)8-2-3-9(16)10(17)6-8/h2-3,6,11,14H,4-5,7H2,1H3,(H,22,23)(H2,18,19,24). The van der Waals surface area contributed by atoms with E-state index in [0.717, 1.165) is 0 Å². The predicted octanol–water partition coefficient (Wildman–Crippen LogP) is 1.52. The first-order valence-electron chi connectivity index (χ1n) is 7.26. The largest absolute Gasteiger partial charge is 0.481 e. The molecule has 2 rings (SSSR count). The second kappa shape index (κ2) is 7.48. The molecule has 1 aromatic rings. The average molecular weight is 358 g/mol. The minimum absolute atomic E-state index is 0.0263. The minimum atomic E-state index is -1.03. The van der Waals surface area contributed by atoms with Crippen LogP contribution in [0, 0.1) is 5.82 Å². The normalized spacial score (nSPS) is 20.1. The molecule has 0 radical (unpaired) electrons. The Hall–Kier alpha value is -2.35. The lowest BCUT2D eigenvalue weighted by atomic mass is 10.00. The summed E-state index contributed by atoms with van der Waals surface area (Å²) in [7, 11) is 1.57. The number of nitrogens with zero attached hydrogens (tertiary/aromatic N) is 1. The van der Waals surface area contributed by atoms with Crippen molar-refractivity contribution in [3.63, 3.8) is 0 Å². The van der Waals surface area contributed by atoms with Gasteiger partial charge in [-0.15, -0.1) is 0 Å². The average Bonchev–Trinajstić information content (AvgIpc) is 2.76. The van der Waals surface area contributed by atoms with Gasteiger partial charge in [0.05, 0.1) is 23.5 Å². The van der Waals surface area contributed by atoms with Crippen LogP contribution in [0.15, 0.2) is 18.2 Å². The highest BCUT2D eigenvalue weighted by Gasteiger charge is 2.39. The molecule has 1 fully saturated rings. The van der Waals surface area contributed by atoms with Gasteiger partial charge in [-0.25, -0.2) is 9.18 Å². The third-order valence-electron chi connectivity index (χ3n) is 3.81. The Balaban J connectivity index is 2.09. The molecule has 7 nitrogen and oxygen atoms in total. The summed E-state index contributed by atoms with van der Waals surface area (Å²) in [4.78, 5) is 35.7. The van der Waals surface area contributed by atoms with Crippen LogP contribution in [-0.4, -0.2) is 47.5 Å². The van der Waals surface area contributed by atoms with Crippen molar-refractivity contribution in [2.24, 2.45) is 0 Å². The highest BCUT2D eigenvalue weighted by molar-refractivity contribution is 6.30. The third-order valence-corrected chi connectivity index (χ3v) is 4.12. The smallest absolute Gasteiger partial charge is 0.315 e. The molecule has 0 spiro atoms. The Morgan fingerprint density at radius 2 is 2.17 bits per heavy atom. The number of urea groups is 1. The molecule has 0 aliphatic carbocycles. The van der Waals surface area contributed by atoms with E-state index in [1.165, 1.54) is 17.0 Å². The van der Waals surface area contributed by atoms with Crippen LogP contribution in [0.2, 0.25) is 5.02 Å². The van der Waals surface area contributed by atoms with E-state index in [4.69, 9.17) is 16.7 Å². The van der Waals surface area contributed by atoms with Crippen molar-refractivity contribution < 1.29 is 23.9 Å². The van der Waals surface area contributed by atoms with Gasteiger partial charge in [0.2, 0.25) is 5.91 Å².